The van der Waals surface area contributed by atoms with Crippen molar-refractivity contribution in [3.05, 3.63) is 0 Å². The SMILES string of the molecule is O=C(O)C1C2CCC(O2)C1CO. The van der Waals surface area contributed by atoms with Gasteiger partial charge in [0.25, 0.3) is 0 Å². The molecule has 4 atom stereocenters. The molecule has 2 aliphatic heterocycles. The Morgan fingerprint density at radius 3 is 2.58 bits per heavy atom. The Morgan fingerprint density at radius 1 is 1.42 bits per heavy atom. The van der Waals surface area contributed by atoms with Crippen LogP contribution in [0.15, 0.2) is 0 Å². The van der Waals surface area contributed by atoms with E-state index in [1.165, 1.54) is 0 Å². The molecule has 2 heterocycles. The molecule has 0 spiro atoms. The Kier molecular flexibility index (Phi) is 1.81. The van der Waals surface area contributed by atoms with Crippen LogP contribution in [0.25, 0.3) is 0 Å². The van der Waals surface area contributed by atoms with E-state index in [-0.39, 0.29) is 24.7 Å². The fraction of sp³-hybridized carbons (Fsp3) is 0.875. The van der Waals surface area contributed by atoms with Crippen molar-refractivity contribution in [2.45, 2.75) is 25.0 Å². The zero-order valence-corrected chi connectivity index (χ0v) is 6.64. The second-order valence-corrected chi connectivity index (χ2v) is 3.50. The third-order valence-corrected chi connectivity index (χ3v) is 2.92. The van der Waals surface area contributed by atoms with Crippen LogP contribution in [0.2, 0.25) is 0 Å². The van der Waals surface area contributed by atoms with Crippen LogP contribution in [-0.2, 0) is 9.53 Å². The minimum Gasteiger partial charge on any atom is -0.481 e. The van der Waals surface area contributed by atoms with Crippen LogP contribution < -0.4 is 0 Å². The Hall–Kier alpha value is -0.610. The Balaban J connectivity index is 2.16. The first-order valence-electron chi connectivity index (χ1n) is 4.23. The number of carboxylic acids is 1. The number of carbonyl (C=O) groups is 1. The molecule has 4 nitrogen and oxygen atoms in total. The molecule has 0 aromatic heterocycles. The maximum absolute atomic E-state index is 10.8. The summed E-state index contributed by atoms with van der Waals surface area (Å²) in [6.45, 7) is -0.0713. The van der Waals surface area contributed by atoms with Gasteiger partial charge >= 0.3 is 5.97 Å². The summed E-state index contributed by atoms with van der Waals surface area (Å²) in [5.74, 6) is -1.49. The lowest BCUT2D eigenvalue weighted by Crippen LogP contribution is -2.35. The number of ether oxygens (including phenoxy) is 1. The molecule has 0 radical (unpaired) electrons. The zero-order valence-electron chi connectivity index (χ0n) is 6.64. The molecule has 2 aliphatic rings. The molecular formula is C8H12O4. The lowest BCUT2D eigenvalue weighted by molar-refractivity contribution is -0.145. The van der Waals surface area contributed by atoms with E-state index >= 15 is 0 Å². The van der Waals surface area contributed by atoms with E-state index in [1.54, 1.807) is 0 Å². The van der Waals surface area contributed by atoms with E-state index in [0.29, 0.717) is 0 Å². The van der Waals surface area contributed by atoms with Crippen LogP contribution in [0.1, 0.15) is 12.8 Å². The summed E-state index contributed by atoms with van der Waals surface area (Å²) in [6, 6.07) is 0. The molecule has 2 saturated heterocycles. The predicted molar refractivity (Wildman–Crippen MR) is 39.6 cm³/mol. The Bertz CT molecular complexity index is 203. The van der Waals surface area contributed by atoms with E-state index in [0.717, 1.165) is 12.8 Å². The number of rotatable bonds is 2. The maximum atomic E-state index is 10.8. The number of aliphatic carboxylic acids is 1. The molecule has 2 rings (SSSR count). The van der Waals surface area contributed by atoms with Gasteiger partial charge in [-0.15, -0.1) is 0 Å². The molecule has 2 N–H and O–H groups in total. The summed E-state index contributed by atoms with van der Waals surface area (Å²) >= 11 is 0. The molecule has 0 amide bonds. The Labute approximate surface area is 70.1 Å². The smallest absolute Gasteiger partial charge is 0.309 e. The van der Waals surface area contributed by atoms with Gasteiger partial charge in [-0.05, 0) is 12.8 Å². The van der Waals surface area contributed by atoms with Gasteiger partial charge in [0, 0.05) is 12.5 Å². The molecule has 68 valence electrons. The van der Waals surface area contributed by atoms with Crippen molar-refractivity contribution >= 4 is 5.97 Å². The van der Waals surface area contributed by atoms with Gasteiger partial charge in [-0.1, -0.05) is 0 Å². The summed E-state index contributed by atoms with van der Waals surface area (Å²) in [4.78, 5) is 10.8. The quantitative estimate of drug-likeness (QED) is 0.608. The predicted octanol–water partition coefficient (Wildman–Crippen LogP) is -0.143. The third kappa shape index (κ3) is 0.949. The van der Waals surface area contributed by atoms with Crippen LogP contribution >= 0.6 is 0 Å². The maximum Gasteiger partial charge on any atom is 0.309 e. The van der Waals surface area contributed by atoms with E-state index in [9.17, 15) is 4.79 Å². The first-order chi connectivity index (χ1) is 5.74. The van der Waals surface area contributed by atoms with Crippen LogP contribution in [0.4, 0.5) is 0 Å². The highest BCUT2D eigenvalue weighted by atomic mass is 16.5. The van der Waals surface area contributed by atoms with Gasteiger partial charge in [-0.25, -0.2) is 0 Å². The van der Waals surface area contributed by atoms with Crippen molar-refractivity contribution in [3.63, 3.8) is 0 Å². The fourth-order valence-corrected chi connectivity index (χ4v) is 2.35. The lowest BCUT2D eigenvalue weighted by atomic mass is 9.80. The summed E-state index contributed by atoms with van der Waals surface area (Å²) in [6.07, 6.45) is 1.57. The molecule has 0 aromatic rings. The minimum absolute atomic E-state index is 0.0129. The average Bonchev–Trinajstić information content (AvgIpc) is 2.60. The van der Waals surface area contributed by atoms with Gasteiger partial charge < -0.3 is 14.9 Å². The monoisotopic (exact) mass is 172 g/mol. The Morgan fingerprint density at radius 2 is 2.08 bits per heavy atom. The van der Waals surface area contributed by atoms with Crippen LogP contribution in [-0.4, -0.2) is 35.0 Å². The first-order valence-corrected chi connectivity index (χ1v) is 4.23. The van der Waals surface area contributed by atoms with Gasteiger partial charge in [0.05, 0.1) is 18.1 Å². The summed E-state index contributed by atoms with van der Waals surface area (Å²) in [5.41, 5.74) is 0. The number of aliphatic hydroxyl groups is 1. The number of carboxylic acid groups (broad SMARTS) is 1. The first kappa shape index (κ1) is 8.01. The topological polar surface area (TPSA) is 66.8 Å². The molecular weight excluding hydrogens is 160 g/mol. The number of hydrogen-bond acceptors (Lipinski definition) is 3. The summed E-state index contributed by atoms with van der Waals surface area (Å²) in [7, 11) is 0. The van der Waals surface area contributed by atoms with E-state index in [2.05, 4.69) is 0 Å². The van der Waals surface area contributed by atoms with Gasteiger partial charge in [0.2, 0.25) is 0 Å². The van der Waals surface area contributed by atoms with E-state index in [4.69, 9.17) is 14.9 Å². The second-order valence-electron chi connectivity index (χ2n) is 3.50. The van der Waals surface area contributed by atoms with Gasteiger partial charge in [0.15, 0.2) is 0 Å². The highest BCUT2D eigenvalue weighted by Crippen LogP contribution is 2.43. The van der Waals surface area contributed by atoms with Gasteiger partial charge in [-0.2, -0.15) is 0 Å². The van der Waals surface area contributed by atoms with Gasteiger partial charge in [0.1, 0.15) is 0 Å². The zero-order chi connectivity index (χ0) is 8.72. The molecule has 2 bridgehead atoms. The summed E-state index contributed by atoms with van der Waals surface area (Å²) < 4.78 is 5.41. The molecule has 4 heteroatoms. The van der Waals surface area contributed by atoms with Crippen LogP contribution in [0, 0.1) is 11.8 Å². The highest BCUT2D eigenvalue weighted by Gasteiger charge is 2.51. The highest BCUT2D eigenvalue weighted by molar-refractivity contribution is 5.72. The molecule has 0 aliphatic carbocycles. The third-order valence-electron chi connectivity index (χ3n) is 2.92. The standard InChI is InChI=1S/C8H12O4/c9-3-4-5-1-2-6(12-5)7(4)8(10)11/h4-7,9H,1-3H2,(H,10,11). The molecule has 0 saturated carbocycles. The van der Waals surface area contributed by atoms with E-state index < -0.39 is 11.9 Å². The average molecular weight is 172 g/mol. The van der Waals surface area contributed by atoms with E-state index in [1.807, 2.05) is 0 Å². The molecule has 12 heavy (non-hydrogen) atoms. The number of aliphatic hydroxyl groups excluding tert-OH is 1. The van der Waals surface area contributed by atoms with Crippen LogP contribution in [0.5, 0.6) is 0 Å². The van der Waals surface area contributed by atoms with Crippen LogP contribution in [0.3, 0.4) is 0 Å². The normalized spacial score (nSPS) is 45.1. The molecule has 2 fully saturated rings. The second kappa shape index (κ2) is 2.71. The van der Waals surface area contributed by atoms with Crippen molar-refractivity contribution in [2.75, 3.05) is 6.61 Å². The van der Waals surface area contributed by atoms with Crippen molar-refractivity contribution in [2.24, 2.45) is 11.8 Å². The largest absolute Gasteiger partial charge is 0.481 e. The summed E-state index contributed by atoms with van der Waals surface area (Å²) in [5, 5.41) is 17.8. The van der Waals surface area contributed by atoms with Crippen molar-refractivity contribution < 1.29 is 19.7 Å². The van der Waals surface area contributed by atoms with Crippen molar-refractivity contribution in [3.8, 4) is 0 Å². The number of hydrogen-bond donors (Lipinski definition) is 2. The fourth-order valence-electron chi connectivity index (χ4n) is 2.35. The molecule has 0 aromatic carbocycles. The van der Waals surface area contributed by atoms with Crippen molar-refractivity contribution in [1.82, 2.24) is 0 Å². The lowest BCUT2D eigenvalue weighted by Gasteiger charge is -2.22. The van der Waals surface area contributed by atoms with Gasteiger partial charge in [-0.3, -0.25) is 4.79 Å². The molecule has 4 unspecified atom stereocenters. The minimum atomic E-state index is -0.832. The number of fused-ring (bicyclic) bond motifs is 2. The van der Waals surface area contributed by atoms with Crippen molar-refractivity contribution in [1.29, 1.82) is 0 Å².